The molecule has 1 rings (SSSR count). The topological polar surface area (TPSA) is 22.1 Å². The van der Waals surface area contributed by atoms with Crippen LogP contribution in [-0.4, -0.2) is 18.3 Å². The Balaban J connectivity index is 2.95. The number of methoxy groups -OCH3 is 1. The van der Waals surface area contributed by atoms with Crippen LogP contribution in [0, 0.1) is 0 Å². The number of ether oxygens (including phenoxy) is 1. The van der Waals surface area contributed by atoms with Gasteiger partial charge in [0.05, 0.1) is 19.2 Å². The molecule has 0 unspecified atom stereocenters. The van der Waals surface area contributed by atoms with Crippen molar-refractivity contribution in [1.29, 1.82) is 0 Å². The number of halogens is 4. The summed E-state index contributed by atoms with van der Waals surface area (Å²) in [5.41, 5.74) is -0.0724. The number of alkyl halides is 3. The van der Waals surface area contributed by atoms with Crippen molar-refractivity contribution in [2.45, 2.75) is 12.6 Å². The van der Waals surface area contributed by atoms with Crippen LogP contribution >= 0.6 is 15.9 Å². The Hall–Kier alpha value is -0.780. The molecule has 0 aliphatic rings. The highest BCUT2D eigenvalue weighted by Gasteiger charge is 2.29. The van der Waals surface area contributed by atoms with Crippen LogP contribution in [-0.2, 0) is 6.42 Å². The van der Waals surface area contributed by atoms with Crippen molar-refractivity contribution >= 4 is 15.9 Å². The van der Waals surface area contributed by atoms with E-state index in [0.29, 0.717) is 4.47 Å². The van der Waals surface area contributed by atoms with Crippen LogP contribution in [0.1, 0.15) is 5.69 Å². The van der Waals surface area contributed by atoms with Gasteiger partial charge in [-0.1, -0.05) is 0 Å². The van der Waals surface area contributed by atoms with E-state index >= 15 is 0 Å². The molecule has 0 saturated heterocycles. The molecular formula is C8H7BrF3NO. The highest BCUT2D eigenvalue weighted by atomic mass is 79.9. The molecule has 6 heteroatoms. The van der Waals surface area contributed by atoms with Gasteiger partial charge in [-0.05, 0) is 22.0 Å². The van der Waals surface area contributed by atoms with Crippen LogP contribution in [0.25, 0.3) is 0 Å². The maximum absolute atomic E-state index is 12.1. The minimum Gasteiger partial charge on any atom is -0.481 e. The maximum Gasteiger partial charge on any atom is 0.394 e. The maximum atomic E-state index is 12.1. The zero-order chi connectivity index (χ0) is 10.8. The first kappa shape index (κ1) is 11.3. The van der Waals surface area contributed by atoms with Gasteiger partial charge in [-0.15, -0.1) is 0 Å². The lowest BCUT2D eigenvalue weighted by atomic mass is 10.2. The molecule has 1 aromatic heterocycles. The van der Waals surface area contributed by atoms with Crippen molar-refractivity contribution in [3.63, 3.8) is 0 Å². The third-order valence-electron chi connectivity index (χ3n) is 1.47. The summed E-state index contributed by atoms with van der Waals surface area (Å²) >= 11 is 2.99. The van der Waals surface area contributed by atoms with Gasteiger partial charge in [0.15, 0.2) is 0 Å². The van der Waals surface area contributed by atoms with Gasteiger partial charge in [-0.2, -0.15) is 13.2 Å². The lowest BCUT2D eigenvalue weighted by Gasteiger charge is -2.08. The molecule has 0 aliphatic carbocycles. The number of hydrogen-bond acceptors (Lipinski definition) is 2. The lowest BCUT2D eigenvalue weighted by Crippen LogP contribution is -2.13. The van der Waals surface area contributed by atoms with Crippen LogP contribution in [0.3, 0.4) is 0 Å². The van der Waals surface area contributed by atoms with E-state index in [-0.39, 0.29) is 11.6 Å². The van der Waals surface area contributed by atoms with Crippen molar-refractivity contribution in [2.75, 3.05) is 7.11 Å². The van der Waals surface area contributed by atoms with Gasteiger partial charge < -0.3 is 4.74 Å². The van der Waals surface area contributed by atoms with Gasteiger partial charge in [-0.25, -0.2) is 4.98 Å². The van der Waals surface area contributed by atoms with E-state index in [9.17, 15) is 13.2 Å². The van der Waals surface area contributed by atoms with Crippen LogP contribution < -0.4 is 4.74 Å². The van der Waals surface area contributed by atoms with E-state index in [1.54, 1.807) is 0 Å². The summed E-state index contributed by atoms with van der Waals surface area (Å²) in [7, 11) is 1.35. The Labute approximate surface area is 87.2 Å². The first-order chi connectivity index (χ1) is 6.42. The van der Waals surface area contributed by atoms with E-state index in [1.807, 2.05) is 0 Å². The smallest absolute Gasteiger partial charge is 0.394 e. The molecule has 0 saturated carbocycles. The summed E-state index contributed by atoms with van der Waals surface area (Å²) in [6, 6.07) is 2.97. The monoisotopic (exact) mass is 269 g/mol. The number of hydrogen-bond donors (Lipinski definition) is 0. The minimum atomic E-state index is -4.26. The van der Waals surface area contributed by atoms with E-state index in [1.165, 1.54) is 19.2 Å². The SMILES string of the molecule is COc1ccc(Br)c(CC(F)(F)F)n1. The van der Waals surface area contributed by atoms with Crippen molar-refractivity contribution in [3.05, 3.63) is 22.3 Å². The number of nitrogens with zero attached hydrogens (tertiary/aromatic N) is 1. The predicted molar refractivity (Wildman–Crippen MR) is 48.2 cm³/mol. The van der Waals surface area contributed by atoms with Crippen molar-refractivity contribution in [1.82, 2.24) is 4.98 Å². The number of pyridine rings is 1. The summed E-state index contributed by atoms with van der Waals surface area (Å²) in [6.45, 7) is 0. The Bertz CT molecular complexity index is 327. The normalized spacial score (nSPS) is 11.5. The second-order valence-electron chi connectivity index (χ2n) is 2.57. The molecule has 0 aliphatic heterocycles. The standard InChI is InChI=1S/C8H7BrF3NO/c1-14-7-3-2-5(9)6(13-7)4-8(10,11)12/h2-3H,4H2,1H3. The summed E-state index contributed by atoms with van der Waals surface area (Å²) in [4.78, 5) is 3.69. The van der Waals surface area contributed by atoms with Gasteiger partial charge in [-0.3, -0.25) is 0 Å². The molecule has 0 bridgehead atoms. The van der Waals surface area contributed by atoms with Gasteiger partial charge in [0.1, 0.15) is 0 Å². The molecule has 1 aromatic rings. The fourth-order valence-corrected chi connectivity index (χ4v) is 1.25. The van der Waals surface area contributed by atoms with Gasteiger partial charge in [0.25, 0.3) is 0 Å². The predicted octanol–water partition coefficient (Wildman–Crippen LogP) is 2.96. The first-order valence-electron chi connectivity index (χ1n) is 3.68. The molecule has 0 fully saturated rings. The third-order valence-corrected chi connectivity index (χ3v) is 2.19. The highest BCUT2D eigenvalue weighted by molar-refractivity contribution is 9.10. The van der Waals surface area contributed by atoms with Crippen molar-refractivity contribution in [2.24, 2.45) is 0 Å². The highest BCUT2D eigenvalue weighted by Crippen LogP contribution is 2.26. The second kappa shape index (κ2) is 4.16. The van der Waals surface area contributed by atoms with Crippen molar-refractivity contribution < 1.29 is 17.9 Å². The Morgan fingerprint density at radius 3 is 2.57 bits per heavy atom. The van der Waals surface area contributed by atoms with E-state index in [4.69, 9.17) is 4.74 Å². The average molecular weight is 270 g/mol. The van der Waals surface area contributed by atoms with Crippen LogP contribution in [0.4, 0.5) is 13.2 Å². The fraction of sp³-hybridized carbons (Fsp3) is 0.375. The molecule has 0 amide bonds. The molecule has 0 aromatic carbocycles. The molecule has 78 valence electrons. The van der Waals surface area contributed by atoms with E-state index in [2.05, 4.69) is 20.9 Å². The number of rotatable bonds is 2. The summed E-state index contributed by atoms with van der Waals surface area (Å²) in [5.74, 6) is 0.174. The Kier molecular flexibility index (Phi) is 3.36. The molecular weight excluding hydrogens is 263 g/mol. The van der Waals surface area contributed by atoms with Gasteiger partial charge in [0, 0.05) is 10.5 Å². The molecule has 0 radical (unpaired) electrons. The molecule has 0 atom stereocenters. The minimum absolute atomic E-state index is 0.0724. The van der Waals surface area contributed by atoms with Crippen molar-refractivity contribution in [3.8, 4) is 5.88 Å². The quantitative estimate of drug-likeness (QED) is 0.824. The lowest BCUT2D eigenvalue weighted by molar-refractivity contribution is -0.128. The second-order valence-corrected chi connectivity index (χ2v) is 3.43. The van der Waals surface area contributed by atoms with E-state index in [0.717, 1.165) is 0 Å². The zero-order valence-electron chi connectivity index (χ0n) is 7.23. The molecule has 1 heterocycles. The largest absolute Gasteiger partial charge is 0.481 e. The molecule has 2 nitrogen and oxygen atoms in total. The summed E-state index contributed by atoms with van der Waals surface area (Å²) in [6.07, 6.45) is -5.33. The third kappa shape index (κ3) is 3.17. The summed E-state index contributed by atoms with van der Waals surface area (Å²) < 4.78 is 41.2. The fourth-order valence-electron chi connectivity index (χ4n) is 0.892. The van der Waals surface area contributed by atoms with Gasteiger partial charge >= 0.3 is 6.18 Å². The first-order valence-corrected chi connectivity index (χ1v) is 4.48. The van der Waals surface area contributed by atoms with E-state index < -0.39 is 12.6 Å². The molecule has 14 heavy (non-hydrogen) atoms. The molecule has 0 spiro atoms. The zero-order valence-corrected chi connectivity index (χ0v) is 8.82. The summed E-state index contributed by atoms with van der Waals surface area (Å²) in [5, 5.41) is 0. The number of aromatic nitrogens is 1. The van der Waals surface area contributed by atoms with Crippen LogP contribution in [0.15, 0.2) is 16.6 Å². The Morgan fingerprint density at radius 1 is 1.43 bits per heavy atom. The van der Waals surface area contributed by atoms with Crippen LogP contribution in [0.5, 0.6) is 5.88 Å². The van der Waals surface area contributed by atoms with Crippen LogP contribution in [0.2, 0.25) is 0 Å². The molecule has 0 N–H and O–H groups in total. The van der Waals surface area contributed by atoms with Gasteiger partial charge in [0.2, 0.25) is 5.88 Å². The average Bonchev–Trinajstić information content (AvgIpc) is 2.06. The Morgan fingerprint density at radius 2 is 2.07 bits per heavy atom.